The lowest BCUT2D eigenvalue weighted by atomic mass is 10.4. The van der Waals surface area contributed by atoms with E-state index in [1.54, 1.807) is 0 Å². The summed E-state index contributed by atoms with van der Waals surface area (Å²) < 4.78 is 4.22. The fourth-order valence-corrected chi connectivity index (χ4v) is 1.34. The summed E-state index contributed by atoms with van der Waals surface area (Å²) in [7, 11) is 0. The van der Waals surface area contributed by atoms with Crippen molar-refractivity contribution in [2.75, 3.05) is 0 Å². The van der Waals surface area contributed by atoms with Crippen LogP contribution in [0.5, 0.6) is 0 Å². The Balaban J connectivity index is 2.33. The average molecular weight is 179 g/mol. The molecule has 0 spiro atoms. The zero-order chi connectivity index (χ0) is 8.65. The Hall–Kier alpha value is -0.760. The Morgan fingerprint density at radius 1 is 1.33 bits per heavy atom. The molecule has 0 unspecified atom stereocenters. The fourth-order valence-electron chi connectivity index (χ4n) is 0.761. The van der Waals surface area contributed by atoms with Crippen LogP contribution < -0.4 is 0 Å². The van der Waals surface area contributed by atoms with Crippen LogP contribution in [0.25, 0.3) is 0 Å². The molecule has 12 heavy (non-hydrogen) atoms. The number of hydrogen-bond donors (Lipinski definition) is 0. The van der Waals surface area contributed by atoms with Crippen LogP contribution in [0.4, 0.5) is 0 Å². The summed E-state index contributed by atoms with van der Waals surface area (Å²) in [5.74, 6) is 0. The van der Waals surface area contributed by atoms with E-state index in [1.807, 2.05) is 24.4 Å². The minimum atomic E-state index is 1.07. The highest BCUT2D eigenvalue weighted by Crippen LogP contribution is 2.17. The normalized spacial score (nSPS) is 10.8. The molecule has 0 aliphatic heterocycles. The number of nitrogens with zero attached hydrogens (tertiary/aromatic N) is 1. The number of unbranched alkanes of at least 4 members (excludes halogenated alkanes) is 1. The van der Waals surface area contributed by atoms with Crippen molar-refractivity contribution in [2.45, 2.75) is 24.7 Å². The molecule has 1 nitrogen and oxygen atoms in total. The maximum absolute atomic E-state index is 4.22. The lowest BCUT2D eigenvalue weighted by molar-refractivity contribution is 1.01. The molecule has 0 aromatic heterocycles. The molecule has 0 aliphatic carbocycles. The average Bonchev–Trinajstić information content (AvgIpc) is 2.14. The standard InChI is InChI=1S/C10H13NS/c1-2-3-9-11-12-10-7-5-4-6-8-10/h4-9H,2-3H2,1H3. The first-order valence-electron chi connectivity index (χ1n) is 4.17. The lowest BCUT2D eigenvalue weighted by Gasteiger charge is -1.91. The van der Waals surface area contributed by atoms with Crippen LogP contribution in [0.15, 0.2) is 39.6 Å². The van der Waals surface area contributed by atoms with Crippen LogP contribution in [0, 0.1) is 0 Å². The predicted octanol–water partition coefficient (Wildman–Crippen LogP) is 3.56. The maximum atomic E-state index is 4.22. The first kappa shape index (κ1) is 9.33. The van der Waals surface area contributed by atoms with Crippen LogP contribution in [-0.2, 0) is 0 Å². The van der Waals surface area contributed by atoms with Gasteiger partial charge in [0, 0.05) is 23.1 Å². The summed E-state index contributed by atoms with van der Waals surface area (Å²) in [5, 5.41) is 0. The van der Waals surface area contributed by atoms with E-state index in [2.05, 4.69) is 23.5 Å². The summed E-state index contributed by atoms with van der Waals surface area (Å²) >= 11 is 1.53. The van der Waals surface area contributed by atoms with Gasteiger partial charge in [-0.05, 0) is 18.6 Å². The van der Waals surface area contributed by atoms with Crippen molar-refractivity contribution in [1.29, 1.82) is 0 Å². The summed E-state index contributed by atoms with van der Waals surface area (Å²) in [4.78, 5) is 1.20. The molecule has 1 rings (SSSR count). The van der Waals surface area contributed by atoms with Crippen LogP contribution in [-0.4, -0.2) is 6.21 Å². The van der Waals surface area contributed by atoms with Crippen molar-refractivity contribution in [3.05, 3.63) is 30.3 Å². The molecule has 0 aliphatic rings. The zero-order valence-electron chi connectivity index (χ0n) is 7.23. The van der Waals surface area contributed by atoms with E-state index in [1.165, 1.54) is 23.3 Å². The molecule has 0 saturated carbocycles. The van der Waals surface area contributed by atoms with Gasteiger partial charge in [-0.3, -0.25) is 0 Å². The summed E-state index contributed by atoms with van der Waals surface area (Å²) in [6, 6.07) is 10.2. The molecular weight excluding hydrogens is 166 g/mol. The van der Waals surface area contributed by atoms with Gasteiger partial charge in [-0.25, -0.2) is 4.40 Å². The third-order valence-corrected chi connectivity index (χ3v) is 2.13. The molecular formula is C10H13NS. The molecule has 64 valence electrons. The summed E-state index contributed by atoms with van der Waals surface area (Å²) in [5.41, 5.74) is 0. The van der Waals surface area contributed by atoms with Gasteiger partial charge in [0.1, 0.15) is 0 Å². The highest BCUT2D eigenvalue weighted by atomic mass is 32.2. The Labute approximate surface area is 78.0 Å². The first-order valence-corrected chi connectivity index (χ1v) is 4.94. The molecule has 0 bridgehead atoms. The van der Waals surface area contributed by atoms with Crippen LogP contribution in [0.2, 0.25) is 0 Å². The summed E-state index contributed by atoms with van der Waals surface area (Å²) in [6.07, 6.45) is 4.20. The Kier molecular flexibility index (Phi) is 4.54. The number of hydrogen-bond acceptors (Lipinski definition) is 2. The second-order valence-electron chi connectivity index (χ2n) is 2.48. The van der Waals surface area contributed by atoms with Crippen LogP contribution >= 0.6 is 11.9 Å². The Bertz CT molecular complexity index is 231. The molecule has 0 N–H and O–H groups in total. The molecule has 0 fully saturated rings. The van der Waals surface area contributed by atoms with Gasteiger partial charge >= 0.3 is 0 Å². The van der Waals surface area contributed by atoms with E-state index in [0.717, 1.165) is 6.42 Å². The zero-order valence-corrected chi connectivity index (χ0v) is 8.05. The monoisotopic (exact) mass is 179 g/mol. The van der Waals surface area contributed by atoms with Gasteiger partial charge in [-0.1, -0.05) is 31.5 Å². The van der Waals surface area contributed by atoms with Gasteiger partial charge in [-0.15, -0.1) is 0 Å². The molecule has 0 amide bonds. The maximum Gasteiger partial charge on any atom is 0.0305 e. The third-order valence-electron chi connectivity index (χ3n) is 1.39. The van der Waals surface area contributed by atoms with Gasteiger partial charge < -0.3 is 0 Å². The van der Waals surface area contributed by atoms with Crippen molar-refractivity contribution in [3.63, 3.8) is 0 Å². The van der Waals surface area contributed by atoms with E-state index >= 15 is 0 Å². The van der Waals surface area contributed by atoms with E-state index in [4.69, 9.17) is 0 Å². The third kappa shape index (κ3) is 3.58. The summed E-state index contributed by atoms with van der Waals surface area (Å²) in [6.45, 7) is 2.15. The Morgan fingerprint density at radius 2 is 2.08 bits per heavy atom. The molecule has 1 aromatic rings. The molecule has 2 heteroatoms. The molecule has 0 heterocycles. The second kappa shape index (κ2) is 5.84. The van der Waals surface area contributed by atoms with E-state index in [9.17, 15) is 0 Å². The fraction of sp³-hybridized carbons (Fsp3) is 0.300. The SMILES string of the molecule is CCCC=NSc1ccccc1. The van der Waals surface area contributed by atoms with Crippen LogP contribution in [0.3, 0.4) is 0 Å². The highest BCUT2D eigenvalue weighted by molar-refractivity contribution is 7.98. The topological polar surface area (TPSA) is 12.4 Å². The highest BCUT2D eigenvalue weighted by Gasteiger charge is 1.86. The molecule has 1 aromatic carbocycles. The van der Waals surface area contributed by atoms with Gasteiger partial charge in [0.15, 0.2) is 0 Å². The van der Waals surface area contributed by atoms with Crippen LogP contribution in [0.1, 0.15) is 19.8 Å². The van der Waals surface area contributed by atoms with Crippen molar-refractivity contribution < 1.29 is 0 Å². The minimum Gasteiger partial charge on any atom is -0.224 e. The van der Waals surface area contributed by atoms with E-state index in [-0.39, 0.29) is 0 Å². The quantitative estimate of drug-likeness (QED) is 0.508. The largest absolute Gasteiger partial charge is 0.224 e. The second-order valence-corrected chi connectivity index (χ2v) is 3.35. The van der Waals surface area contributed by atoms with Crippen molar-refractivity contribution >= 4 is 18.2 Å². The van der Waals surface area contributed by atoms with Gasteiger partial charge in [0.05, 0.1) is 0 Å². The van der Waals surface area contributed by atoms with Crippen molar-refractivity contribution in [3.8, 4) is 0 Å². The Morgan fingerprint density at radius 3 is 2.75 bits per heavy atom. The van der Waals surface area contributed by atoms with Gasteiger partial charge in [0.25, 0.3) is 0 Å². The molecule has 0 saturated heterocycles. The van der Waals surface area contributed by atoms with Crippen molar-refractivity contribution in [1.82, 2.24) is 0 Å². The number of benzene rings is 1. The first-order chi connectivity index (χ1) is 5.93. The van der Waals surface area contributed by atoms with Gasteiger partial charge in [-0.2, -0.15) is 0 Å². The van der Waals surface area contributed by atoms with Gasteiger partial charge in [0.2, 0.25) is 0 Å². The molecule has 0 radical (unpaired) electrons. The van der Waals surface area contributed by atoms with E-state index < -0.39 is 0 Å². The predicted molar refractivity (Wildman–Crippen MR) is 55.7 cm³/mol. The minimum absolute atomic E-state index is 1.07. The number of rotatable bonds is 4. The van der Waals surface area contributed by atoms with E-state index in [0.29, 0.717) is 0 Å². The van der Waals surface area contributed by atoms with Crippen molar-refractivity contribution in [2.24, 2.45) is 4.40 Å². The lowest BCUT2D eigenvalue weighted by Crippen LogP contribution is -1.70. The smallest absolute Gasteiger partial charge is 0.0305 e. The molecule has 0 atom stereocenters.